The highest BCUT2D eigenvalue weighted by molar-refractivity contribution is 5.31. The third kappa shape index (κ3) is 1.97. The number of fused-ring (bicyclic) bond motifs is 1. The number of nitrogens with zero attached hydrogens (tertiary/aromatic N) is 2. The maximum atomic E-state index is 10.5. The normalized spacial score (nSPS) is 37.2. The Balaban J connectivity index is 2.32. The second-order valence-corrected chi connectivity index (χ2v) is 5.75. The SMILES string of the molecule is CC1CC2=CC=C(N(C)C)N(C)C2C(O)[C@H]1C. The summed E-state index contributed by atoms with van der Waals surface area (Å²) in [7, 11) is 6.17. The Morgan fingerprint density at radius 2 is 1.94 bits per heavy atom. The molecule has 1 aliphatic carbocycles. The van der Waals surface area contributed by atoms with Gasteiger partial charge in [0.05, 0.1) is 12.1 Å². The molecule has 1 saturated carbocycles. The van der Waals surface area contributed by atoms with Gasteiger partial charge in [0.15, 0.2) is 0 Å². The van der Waals surface area contributed by atoms with E-state index in [2.05, 4.69) is 42.8 Å². The lowest BCUT2D eigenvalue weighted by atomic mass is 9.72. The van der Waals surface area contributed by atoms with Gasteiger partial charge in [-0.3, -0.25) is 0 Å². The van der Waals surface area contributed by atoms with Crippen LogP contribution in [0.1, 0.15) is 20.3 Å². The van der Waals surface area contributed by atoms with Gasteiger partial charge in [0.1, 0.15) is 5.82 Å². The summed E-state index contributed by atoms with van der Waals surface area (Å²) in [6.07, 6.45) is 5.19. The quantitative estimate of drug-likeness (QED) is 0.750. The maximum absolute atomic E-state index is 10.5. The summed E-state index contributed by atoms with van der Waals surface area (Å²) in [5.41, 5.74) is 1.37. The Bertz CT molecular complexity index is 359. The van der Waals surface area contributed by atoms with Crippen molar-refractivity contribution >= 4 is 0 Å². The Morgan fingerprint density at radius 3 is 2.53 bits per heavy atom. The van der Waals surface area contributed by atoms with Crippen LogP contribution in [-0.2, 0) is 0 Å². The van der Waals surface area contributed by atoms with Crippen molar-refractivity contribution in [2.45, 2.75) is 32.4 Å². The number of likely N-dealkylation sites (N-methyl/N-ethyl adjacent to an activating group) is 1. The minimum absolute atomic E-state index is 0.156. The molecule has 1 aliphatic heterocycles. The van der Waals surface area contributed by atoms with Crippen LogP contribution in [0.4, 0.5) is 0 Å². The van der Waals surface area contributed by atoms with Gasteiger partial charge in [-0.2, -0.15) is 0 Å². The summed E-state index contributed by atoms with van der Waals surface area (Å²) in [6, 6.07) is 0.156. The van der Waals surface area contributed by atoms with Gasteiger partial charge in [-0.1, -0.05) is 19.9 Å². The van der Waals surface area contributed by atoms with E-state index in [-0.39, 0.29) is 12.1 Å². The summed E-state index contributed by atoms with van der Waals surface area (Å²) in [5.74, 6) is 2.09. The van der Waals surface area contributed by atoms with Gasteiger partial charge in [0, 0.05) is 21.1 Å². The van der Waals surface area contributed by atoms with Crippen molar-refractivity contribution in [3.63, 3.8) is 0 Å². The topological polar surface area (TPSA) is 26.7 Å². The first kappa shape index (κ1) is 12.5. The lowest BCUT2D eigenvalue weighted by Gasteiger charge is -2.47. The van der Waals surface area contributed by atoms with Gasteiger partial charge in [-0.25, -0.2) is 0 Å². The lowest BCUT2D eigenvalue weighted by Crippen LogP contribution is -2.52. The largest absolute Gasteiger partial charge is 0.390 e. The third-order valence-corrected chi connectivity index (χ3v) is 4.38. The van der Waals surface area contributed by atoms with Crippen LogP contribution in [0, 0.1) is 11.8 Å². The fraction of sp³-hybridized carbons (Fsp3) is 0.714. The van der Waals surface area contributed by atoms with Crippen molar-refractivity contribution in [1.82, 2.24) is 9.80 Å². The van der Waals surface area contributed by atoms with E-state index in [4.69, 9.17) is 0 Å². The predicted molar refractivity (Wildman–Crippen MR) is 70.4 cm³/mol. The first-order valence-corrected chi connectivity index (χ1v) is 6.42. The molecule has 0 radical (unpaired) electrons. The second kappa shape index (κ2) is 4.37. The average Bonchev–Trinajstić information content (AvgIpc) is 2.25. The Hall–Kier alpha value is -0.960. The van der Waals surface area contributed by atoms with Crippen LogP contribution in [0.5, 0.6) is 0 Å². The van der Waals surface area contributed by atoms with Crippen molar-refractivity contribution in [2.75, 3.05) is 21.1 Å². The standard InChI is InChI=1S/C14H24N2O/c1-9-8-11-6-7-12(15(3)4)16(5)13(11)14(17)10(9)2/h6-7,9-10,13-14,17H,8H2,1-5H3/t9?,10-,13?,14?/m0/s1. The van der Waals surface area contributed by atoms with Crippen molar-refractivity contribution in [2.24, 2.45) is 11.8 Å². The molecule has 0 aromatic heterocycles. The number of allylic oxidation sites excluding steroid dienone is 2. The van der Waals surface area contributed by atoms with Crippen LogP contribution >= 0.6 is 0 Å². The van der Waals surface area contributed by atoms with Crippen molar-refractivity contribution in [3.05, 3.63) is 23.5 Å². The predicted octanol–water partition coefficient (Wildman–Crippen LogP) is 1.67. The van der Waals surface area contributed by atoms with Crippen molar-refractivity contribution in [1.29, 1.82) is 0 Å². The Kier molecular flexibility index (Phi) is 3.21. The molecule has 0 bridgehead atoms. The molecule has 3 unspecified atom stereocenters. The molecule has 0 spiro atoms. The second-order valence-electron chi connectivity index (χ2n) is 5.75. The van der Waals surface area contributed by atoms with Gasteiger partial charge < -0.3 is 14.9 Å². The molecule has 1 N–H and O–H groups in total. The number of rotatable bonds is 1. The molecule has 1 heterocycles. The highest BCUT2D eigenvalue weighted by atomic mass is 16.3. The molecule has 3 heteroatoms. The molecule has 0 saturated heterocycles. The van der Waals surface area contributed by atoms with Crippen LogP contribution in [0.3, 0.4) is 0 Å². The highest BCUT2D eigenvalue weighted by Crippen LogP contribution is 2.38. The fourth-order valence-electron chi connectivity index (χ4n) is 3.07. The molecule has 3 nitrogen and oxygen atoms in total. The molecule has 17 heavy (non-hydrogen) atoms. The fourth-order valence-corrected chi connectivity index (χ4v) is 3.07. The van der Waals surface area contributed by atoms with Crippen LogP contribution in [0.25, 0.3) is 0 Å². The molecule has 2 rings (SSSR count). The van der Waals surface area contributed by atoms with Gasteiger partial charge in [-0.05, 0) is 29.9 Å². The third-order valence-electron chi connectivity index (χ3n) is 4.38. The number of aliphatic hydroxyl groups is 1. The zero-order chi connectivity index (χ0) is 12.7. The molecular weight excluding hydrogens is 212 g/mol. The van der Waals surface area contributed by atoms with Gasteiger partial charge >= 0.3 is 0 Å². The average molecular weight is 236 g/mol. The number of hydrogen-bond donors (Lipinski definition) is 1. The van der Waals surface area contributed by atoms with Gasteiger partial charge in [-0.15, -0.1) is 0 Å². The molecule has 1 fully saturated rings. The number of aliphatic hydroxyl groups excluding tert-OH is 1. The molecular formula is C14H24N2O. The van der Waals surface area contributed by atoms with E-state index in [9.17, 15) is 5.11 Å². The van der Waals surface area contributed by atoms with E-state index in [0.717, 1.165) is 6.42 Å². The van der Waals surface area contributed by atoms with E-state index in [0.29, 0.717) is 11.8 Å². The smallest absolute Gasteiger partial charge is 0.104 e. The molecule has 0 aromatic carbocycles. The summed E-state index contributed by atoms with van der Waals surface area (Å²) in [6.45, 7) is 4.39. The van der Waals surface area contributed by atoms with E-state index in [1.54, 1.807) is 0 Å². The van der Waals surface area contributed by atoms with E-state index < -0.39 is 0 Å². The minimum Gasteiger partial charge on any atom is -0.390 e. The summed E-state index contributed by atoms with van der Waals surface area (Å²) < 4.78 is 0. The Morgan fingerprint density at radius 1 is 1.29 bits per heavy atom. The monoisotopic (exact) mass is 236 g/mol. The summed E-state index contributed by atoms with van der Waals surface area (Å²) in [4.78, 5) is 4.31. The van der Waals surface area contributed by atoms with Crippen LogP contribution in [-0.4, -0.2) is 48.2 Å². The molecule has 0 aromatic rings. The van der Waals surface area contributed by atoms with Crippen LogP contribution in [0.2, 0.25) is 0 Å². The van der Waals surface area contributed by atoms with Crippen molar-refractivity contribution in [3.8, 4) is 0 Å². The zero-order valence-electron chi connectivity index (χ0n) is 11.5. The lowest BCUT2D eigenvalue weighted by molar-refractivity contribution is 0.00391. The van der Waals surface area contributed by atoms with Crippen LogP contribution < -0.4 is 0 Å². The highest BCUT2D eigenvalue weighted by Gasteiger charge is 2.40. The molecule has 2 aliphatic rings. The van der Waals surface area contributed by atoms with Gasteiger partial charge in [0.2, 0.25) is 0 Å². The minimum atomic E-state index is -0.265. The zero-order valence-corrected chi connectivity index (χ0v) is 11.5. The van der Waals surface area contributed by atoms with E-state index in [1.165, 1.54) is 11.4 Å². The van der Waals surface area contributed by atoms with Crippen molar-refractivity contribution < 1.29 is 5.11 Å². The van der Waals surface area contributed by atoms with E-state index in [1.807, 2.05) is 14.1 Å². The van der Waals surface area contributed by atoms with Crippen LogP contribution in [0.15, 0.2) is 23.5 Å². The molecule has 4 atom stereocenters. The van der Waals surface area contributed by atoms with Gasteiger partial charge in [0.25, 0.3) is 0 Å². The summed E-state index contributed by atoms with van der Waals surface area (Å²) in [5, 5.41) is 10.5. The first-order chi connectivity index (χ1) is 7.93. The molecule has 96 valence electrons. The maximum Gasteiger partial charge on any atom is 0.104 e. The molecule has 0 amide bonds. The number of hydrogen-bond acceptors (Lipinski definition) is 3. The summed E-state index contributed by atoms with van der Waals surface area (Å²) >= 11 is 0. The first-order valence-electron chi connectivity index (χ1n) is 6.42. The Labute approximate surface area is 104 Å². The van der Waals surface area contributed by atoms with E-state index >= 15 is 0 Å².